The molecule has 2 heterocycles. The molecule has 3 aromatic rings. The molecule has 0 unspecified atom stereocenters. The van der Waals surface area contributed by atoms with E-state index in [-0.39, 0.29) is 23.1 Å². The molecule has 0 spiro atoms. The predicted octanol–water partition coefficient (Wildman–Crippen LogP) is 1.81. The summed E-state index contributed by atoms with van der Waals surface area (Å²) >= 11 is 5.82. The summed E-state index contributed by atoms with van der Waals surface area (Å²) in [6.45, 7) is 0.281. The third-order valence-corrected chi connectivity index (χ3v) is 3.93. The van der Waals surface area contributed by atoms with Crippen LogP contribution in [0, 0.1) is 0 Å². The SMILES string of the molecule is Cn1cc(C(=O)NCc2ccc(Cl)cc2)c(=O)c2ccc(=O)[nH]c21. The Balaban J connectivity index is 1.91. The summed E-state index contributed by atoms with van der Waals surface area (Å²) < 4.78 is 1.55. The van der Waals surface area contributed by atoms with Crippen molar-refractivity contribution >= 4 is 28.5 Å². The average Bonchev–Trinajstić information content (AvgIpc) is 2.57. The van der Waals surface area contributed by atoms with E-state index >= 15 is 0 Å². The van der Waals surface area contributed by atoms with Gasteiger partial charge in [0, 0.05) is 30.9 Å². The highest BCUT2D eigenvalue weighted by molar-refractivity contribution is 6.30. The third-order valence-electron chi connectivity index (χ3n) is 3.67. The van der Waals surface area contributed by atoms with Crippen molar-refractivity contribution in [3.8, 4) is 0 Å². The van der Waals surface area contributed by atoms with Crippen LogP contribution >= 0.6 is 11.6 Å². The number of pyridine rings is 2. The number of H-pyrrole nitrogens is 1. The highest BCUT2D eigenvalue weighted by atomic mass is 35.5. The van der Waals surface area contributed by atoms with Crippen molar-refractivity contribution in [1.82, 2.24) is 14.9 Å². The molecule has 0 fully saturated rings. The molecule has 24 heavy (non-hydrogen) atoms. The van der Waals surface area contributed by atoms with Crippen LogP contribution in [-0.2, 0) is 13.6 Å². The van der Waals surface area contributed by atoms with Gasteiger partial charge < -0.3 is 14.9 Å². The molecule has 0 aliphatic heterocycles. The Hall–Kier alpha value is -2.86. The van der Waals surface area contributed by atoms with E-state index in [1.54, 1.807) is 35.9 Å². The monoisotopic (exact) mass is 343 g/mol. The second-order valence-electron chi connectivity index (χ2n) is 5.38. The fraction of sp³-hybridized carbons (Fsp3) is 0.118. The van der Waals surface area contributed by atoms with Crippen LogP contribution in [-0.4, -0.2) is 15.5 Å². The smallest absolute Gasteiger partial charge is 0.257 e. The molecule has 0 atom stereocenters. The lowest BCUT2D eigenvalue weighted by atomic mass is 10.1. The van der Waals surface area contributed by atoms with Crippen LogP contribution in [0.3, 0.4) is 0 Å². The zero-order valence-corrected chi connectivity index (χ0v) is 13.6. The minimum absolute atomic E-state index is 0.0195. The maximum atomic E-state index is 12.5. The lowest BCUT2D eigenvalue weighted by molar-refractivity contribution is 0.0949. The summed E-state index contributed by atoms with van der Waals surface area (Å²) in [5.74, 6) is -0.473. The van der Waals surface area contributed by atoms with Gasteiger partial charge in [0.15, 0.2) is 0 Å². The number of rotatable bonds is 3. The fourth-order valence-electron chi connectivity index (χ4n) is 2.43. The van der Waals surface area contributed by atoms with Gasteiger partial charge in [0.25, 0.3) is 5.91 Å². The van der Waals surface area contributed by atoms with E-state index in [0.717, 1.165) is 5.56 Å². The molecule has 1 amide bonds. The van der Waals surface area contributed by atoms with Crippen LogP contribution in [0.15, 0.2) is 52.2 Å². The van der Waals surface area contributed by atoms with Crippen molar-refractivity contribution in [1.29, 1.82) is 0 Å². The van der Waals surface area contributed by atoms with E-state index in [1.165, 1.54) is 18.3 Å². The van der Waals surface area contributed by atoms with E-state index < -0.39 is 11.3 Å². The minimum Gasteiger partial charge on any atom is -0.348 e. The predicted molar refractivity (Wildman–Crippen MR) is 92.4 cm³/mol. The second-order valence-corrected chi connectivity index (χ2v) is 5.81. The molecular formula is C17H14ClN3O3. The van der Waals surface area contributed by atoms with E-state index in [1.807, 2.05) is 0 Å². The van der Waals surface area contributed by atoms with Gasteiger partial charge in [0.1, 0.15) is 11.2 Å². The van der Waals surface area contributed by atoms with Crippen LogP contribution < -0.4 is 16.3 Å². The lowest BCUT2D eigenvalue weighted by Gasteiger charge is -2.09. The number of fused-ring (bicyclic) bond motifs is 1. The number of halogens is 1. The second kappa shape index (κ2) is 6.33. The first-order valence-corrected chi connectivity index (χ1v) is 7.59. The first-order valence-electron chi connectivity index (χ1n) is 7.21. The molecule has 122 valence electrons. The van der Waals surface area contributed by atoms with E-state index in [4.69, 9.17) is 11.6 Å². The van der Waals surface area contributed by atoms with Crippen LogP contribution in [0.1, 0.15) is 15.9 Å². The van der Waals surface area contributed by atoms with Crippen LogP contribution in [0.4, 0.5) is 0 Å². The number of hydrogen-bond donors (Lipinski definition) is 2. The molecule has 6 nitrogen and oxygen atoms in total. The molecule has 0 saturated heterocycles. The largest absolute Gasteiger partial charge is 0.348 e. The molecule has 3 rings (SSSR count). The highest BCUT2D eigenvalue weighted by Gasteiger charge is 2.14. The van der Waals surface area contributed by atoms with Crippen LogP contribution in [0.2, 0.25) is 5.02 Å². The number of benzene rings is 1. The zero-order chi connectivity index (χ0) is 17.3. The summed E-state index contributed by atoms with van der Waals surface area (Å²) in [4.78, 5) is 38.8. The maximum Gasteiger partial charge on any atom is 0.257 e. The van der Waals surface area contributed by atoms with Gasteiger partial charge in [0.05, 0.1) is 5.39 Å². The minimum atomic E-state index is -0.473. The molecule has 0 bridgehead atoms. The number of carbonyl (C=O) groups excluding carboxylic acids is 1. The van der Waals surface area contributed by atoms with Gasteiger partial charge in [-0.1, -0.05) is 23.7 Å². The molecule has 2 aromatic heterocycles. The standard InChI is InChI=1S/C17H14ClN3O3/c1-21-9-13(15(23)12-6-7-14(22)20-16(12)21)17(24)19-8-10-2-4-11(18)5-3-10/h2-7,9H,8H2,1H3,(H,19,24)(H,20,22). The number of hydrogen-bond acceptors (Lipinski definition) is 3. The first kappa shape index (κ1) is 16.0. The summed E-state index contributed by atoms with van der Waals surface area (Å²) in [7, 11) is 1.66. The van der Waals surface area contributed by atoms with Gasteiger partial charge in [-0.25, -0.2) is 0 Å². The number of aromatic nitrogens is 2. The molecule has 2 N–H and O–H groups in total. The Morgan fingerprint density at radius 3 is 2.58 bits per heavy atom. The average molecular weight is 344 g/mol. The molecule has 0 aliphatic carbocycles. The summed E-state index contributed by atoms with van der Waals surface area (Å²) in [6.07, 6.45) is 1.41. The number of nitrogens with one attached hydrogen (secondary N) is 2. The molecule has 0 radical (unpaired) electrons. The number of amides is 1. The first-order chi connectivity index (χ1) is 11.5. The summed E-state index contributed by atoms with van der Waals surface area (Å²) in [6, 6.07) is 9.74. The van der Waals surface area contributed by atoms with E-state index in [2.05, 4.69) is 10.3 Å². The lowest BCUT2D eigenvalue weighted by Crippen LogP contribution is -2.29. The van der Waals surface area contributed by atoms with E-state index in [0.29, 0.717) is 10.7 Å². The Morgan fingerprint density at radius 2 is 1.88 bits per heavy atom. The van der Waals surface area contributed by atoms with Gasteiger partial charge in [-0.3, -0.25) is 14.4 Å². The quantitative estimate of drug-likeness (QED) is 0.760. The van der Waals surface area contributed by atoms with Gasteiger partial charge in [-0.15, -0.1) is 0 Å². The summed E-state index contributed by atoms with van der Waals surface area (Å²) in [5, 5.41) is 3.61. The van der Waals surface area contributed by atoms with E-state index in [9.17, 15) is 14.4 Å². The van der Waals surface area contributed by atoms with Crippen LogP contribution in [0.5, 0.6) is 0 Å². The van der Waals surface area contributed by atoms with Gasteiger partial charge in [-0.05, 0) is 23.8 Å². The third kappa shape index (κ3) is 3.09. The van der Waals surface area contributed by atoms with Gasteiger partial charge >= 0.3 is 0 Å². The molecule has 0 aliphatic rings. The normalized spacial score (nSPS) is 10.8. The highest BCUT2D eigenvalue weighted by Crippen LogP contribution is 2.10. The topological polar surface area (TPSA) is 84.0 Å². The number of nitrogens with zero attached hydrogens (tertiary/aromatic N) is 1. The van der Waals surface area contributed by atoms with Crippen molar-refractivity contribution < 1.29 is 4.79 Å². The molecule has 1 aromatic carbocycles. The molecule has 0 saturated carbocycles. The van der Waals surface area contributed by atoms with Gasteiger partial charge in [0.2, 0.25) is 11.0 Å². The van der Waals surface area contributed by atoms with Crippen molar-refractivity contribution in [2.75, 3.05) is 0 Å². The Labute approximate surface area is 141 Å². The van der Waals surface area contributed by atoms with Crippen molar-refractivity contribution in [2.24, 2.45) is 7.05 Å². The Kier molecular flexibility index (Phi) is 4.22. The van der Waals surface area contributed by atoms with Crippen LogP contribution in [0.25, 0.3) is 11.0 Å². The Bertz CT molecular complexity index is 1040. The molecule has 7 heteroatoms. The maximum absolute atomic E-state index is 12.5. The Morgan fingerprint density at radius 1 is 1.17 bits per heavy atom. The van der Waals surface area contributed by atoms with Crippen molar-refractivity contribution in [3.05, 3.63) is 79.3 Å². The fourth-order valence-corrected chi connectivity index (χ4v) is 2.55. The zero-order valence-electron chi connectivity index (χ0n) is 12.8. The van der Waals surface area contributed by atoms with Gasteiger partial charge in [-0.2, -0.15) is 0 Å². The van der Waals surface area contributed by atoms with Crippen molar-refractivity contribution in [3.63, 3.8) is 0 Å². The summed E-state index contributed by atoms with van der Waals surface area (Å²) in [5.41, 5.74) is 0.535. The molecular weight excluding hydrogens is 330 g/mol. The number of aryl methyl sites for hydroxylation is 1. The number of carbonyl (C=O) groups is 1. The van der Waals surface area contributed by atoms with Crippen molar-refractivity contribution in [2.45, 2.75) is 6.54 Å². The number of aromatic amines is 1.